The summed E-state index contributed by atoms with van der Waals surface area (Å²) < 4.78 is 0. The fraction of sp³-hybridized carbons (Fsp3) is 0.556. The lowest BCUT2D eigenvalue weighted by Crippen LogP contribution is -1.89. The summed E-state index contributed by atoms with van der Waals surface area (Å²) in [6.07, 6.45) is 10.8. The average molecular weight is 138 g/mol. The third-order valence-electron chi connectivity index (χ3n) is 1.76. The summed E-state index contributed by atoms with van der Waals surface area (Å²) in [6.45, 7) is 0.320. The lowest BCUT2D eigenvalue weighted by atomic mass is 10.0. The van der Waals surface area contributed by atoms with Crippen LogP contribution in [0, 0.1) is 0 Å². The zero-order valence-corrected chi connectivity index (χ0v) is 6.21. The van der Waals surface area contributed by atoms with Crippen molar-refractivity contribution in [2.24, 2.45) is 0 Å². The van der Waals surface area contributed by atoms with E-state index >= 15 is 0 Å². The molecule has 0 saturated heterocycles. The van der Waals surface area contributed by atoms with Crippen molar-refractivity contribution in [3.8, 4) is 0 Å². The molecule has 0 atom stereocenters. The first-order chi connectivity index (χ1) is 4.93. The molecule has 0 aromatic rings. The van der Waals surface area contributed by atoms with E-state index in [-0.39, 0.29) is 0 Å². The molecule has 1 aliphatic carbocycles. The minimum absolute atomic E-state index is 0.320. The van der Waals surface area contributed by atoms with Crippen LogP contribution in [0.2, 0.25) is 0 Å². The second-order valence-corrected chi connectivity index (χ2v) is 2.62. The van der Waals surface area contributed by atoms with Gasteiger partial charge in [-0.1, -0.05) is 23.8 Å². The maximum absolute atomic E-state index is 8.55. The molecule has 1 aliphatic rings. The first kappa shape index (κ1) is 7.55. The molecule has 1 heteroatoms. The van der Waals surface area contributed by atoms with E-state index in [2.05, 4.69) is 18.2 Å². The minimum Gasteiger partial charge on any atom is -0.396 e. The lowest BCUT2D eigenvalue weighted by molar-refractivity contribution is 0.288. The number of allylic oxidation sites excluding steroid dienone is 4. The highest BCUT2D eigenvalue weighted by molar-refractivity contribution is 5.17. The van der Waals surface area contributed by atoms with Gasteiger partial charge in [-0.15, -0.1) is 0 Å². The SMILES string of the molecule is OCCCC1=CC=CCC1. The summed E-state index contributed by atoms with van der Waals surface area (Å²) >= 11 is 0. The zero-order chi connectivity index (χ0) is 7.23. The minimum atomic E-state index is 0.320. The van der Waals surface area contributed by atoms with E-state index < -0.39 is 0 Å². The van der Waals surface area contributed by atoms with Gasteiger partial charge in [0, 0.05) is 6.61 Å². The van der Waals surface area contributed by atoms with Gasteiger partial charge < -0.3 is 5.11 Å². The van der Waals surface area contributed by atoms with Crippen LogP contribution >= 0.6 is 0 Å². The Morgan fingerprint density at radius 1 is 1.50 bits per heavy atom. The molecule has 0 fully saturated rings. The second kappa shape index (κ2) is 4.29. The van der Waals surface area contributed by atoms with E-state index in [4.69, 9.17) is 5.11 Å². The Balaban J connectivity index is 2.25. The Bertz CT molecular complexity index is 145. The number of aliphatic hydroxyl groups is 1. The maximum atomic E-state index is 8.55. The molecule has 1 N–H and O–H groups in total. The number of hydrogen-bond acceptors (Lipinski definition) is 1. The largest absolute Gasteiger partial charge is 0.396 e. The quantitative estimate of drug-likeness (QED) is 0.632. The van der Waals surface area contributed by atoms with Crippen LogP contribution in [0.1, 0.15) is 25.7 Å². The molecule has 0 amide bonds. The summed E-state index contributed by atoms with van der Waals surface area (Å²) in [4.78, 5) is 0. The molecule has 0 spiro atoms. The Hall–Kier alpha value is -0.560. The van der Waals surface area contributed by atoms with Crippen molar-refractivity contribution in [1.29, 1.82) is 0 Å². The Kier molecular flexibility index (Phi) is 3.23. The van der Waals surface area contributed by atoms with Gasteiger partial charge in [0.2, 0.25) is 0 Å². The van der Waals surface area contributed by atoms with Crippen LogP contribution in [0.25, 0.3) is 0 Å². The van der Waals surface area contributed by atoms with Crippen LogP contribution in [0.15, 0.2) is 23.8 Å². The molecule has 56 valence electrons. The fourth-order valence-corrected chi connectivity index (χ4v) is 1.17. The fourth-order valence-electron chi connectivity index (χ4n) is 1.17. The molecule has 1 rings (SSSR count). The van der Waals surface area contributed by atoms with Gasteiger partial charge in [0.05, 0.1) is 0 Å². The summed E-state index contributed by atoms with van der Waals surface area (Å²) in [5.41, 5.74) is 1.48. The van der Waals surface area contributed by atoms with Gasteiger partial charge in [-0.25, -0.2) is 0 Å². The third-order valence-corrected chi connectivity index (χ3v) is 1.76. The molecule has 0 unspecified atom stereocenters. The molecular formula is C9H14O. The van der Waals surface area contributed by atoms with Crippen LogP contribution in [0.5, 0.6) is 0 Å². The van der Waals surface area contributed by atoms with E-state index in [1.165, 1.54) is 18.4 Å². The second-order valence-electron chi connectivity index (χ2n) is 2.62. The predicted molar refractivity (Wildman–Crippen MR) is 42.8 cm³/mol. The molecule has 0 aromatic heterocycles. The topological polar surface area (TPSA) is 20.2 Å². The van der Waals surface area contributed by atoms with Crippen molar-refractivity contribution in [2.75, 3.05) is 6.61 Å². The smallest absolute Gasteiger partial charge is 0.0434 e. The van der Waals surface area contributed by atoms with Crippen molar-refractivity contribution in [3.63, 3.8) is 0 Å². The van der Waals surface area contributed by atoms with E-state index in [1.807, 2.05) is 0 Å². The van der Waals surface area contributed by atoms with Gasteiger partial charge in [0.25, 0.3) is 0 Å². The lowest BCUT2D eigenvalue weighted by Gasteiger charge is -2.06. The molecule has 0 heterocycles. The Labute approximate surface area is 62.1 Å². The van der Waals surface area contributed by atoms with Gasteiger partial charge in [-0.05, 0) is 25.7 Å². The summed E-state index contributed by atoms with van der Waals surface area (Å²) in [6, 6.07) is 0. The third kappa shape index (κ3) is 2.36. The highest BCUT2D eigenvalue weighted by Gasteiger charge is 1.97. The predicted octanol–water partition coefficient (Wildman–Crippen LogP) is 2.04. The molecular weight excluding hydrogens is 124 g/mol. The Morgan fingerprint density at radius 3 is 3.00 bits per heavy atom. The molecule has 0 radical (unpaired) electrons. The maximum Gasteiger partial charge on any atom is 0.0434 e. The normalized spacial score (nSPS) is 17.1. The molecule has 0 saturated carbocycles. The van der Waals surface area contributed by atoms with Crippen LogP contribution in [-0.2, 0) is 0 Å². The van der Waals surface area contributed by atoms with Gasteiger partial charge in [-0.2, -0.15) is 0 Å². The average Bonchev–Trinajstić information content (AvgIpc) is 2.03. The molecule has 1 nitrogen and oxygen atoms in total. The van der Waals surface area contributed by atoms with E-state index in [9.17, 15) is 0 Å². The first-order valence-corrected chi connectivity index (χ1v) is 3.89. The highest BCUT2D eigenvalue weighted by Crippen LogP contribution is 2.16. The van der Waals surface area contributed by atoms with Crippen molar-refractivity contribution in [3.05, 3.63) is 23.8 Å². The van der Waals surface area contributed by atoms with Crippen LogP contribution in [0.4, 0.5) is 0 Å². The number of rotatable bonds is 3. The zero-order valence-electron chi connectivity index (χ0n) is 6.21. The van der Waals surface area contributed by atoms with E-state index in [0.717, 1.165) is 12.8 Å². The number of hydrogen-bond donors (Lipinski definition) is 1. The van der Waals surface area contributed by atoms with E-state index in [1.54, 1.807) is 0 Å². The molecule has 0 aromatic carbocycles. The summed E-state index contributed by atoms with van der Waals surface area (Å²) in [7, 11) is 0. The van der Waals surface area contributed by atoms with Crippen LogP contribution in [0.3, 0.4) is 0 Å². The van der Waals surface area contributed by atoms with E-state index in [0.29, 0.717) is 6.61 Å². The standard InChI is InChI=1S/C9H14O/c10-8-4-7-9-5-2-1-3-6-9/h1-2,5,10H,3-4,6-8H2. The van der Waals surface area contributed by atoms with Crippen molar-refractivity contribution in [2.45, 2.75) is 25.7 Å². The van der Waals surface area contributed by atoms with Gasteiger partial charge in [0.1, 0.15) is 0 Å². The summed E-state index contributed by atoms with van der Waals surface area (Å²) in [5.74, 6) is 0. The molecule has 0 aliphatic heterocycles. The van der Waals surface area contributed by atoms with Gasteiger partial charge >= 0.3 is 0 Å². The molecule has 0 bridgehead atoms. The van der Waals surface area contributed by atoms with Crippen molar-refractivity contribution >= 4 is 0 Å². The van der Waals surface area contributed by atoms with Gasteiger partial charge in [0.15, 0.2) is 0 Å². The first-order valence-electron chi connectivity index (χ1n) is 3.89. The van der Waals surface area contributed by atoms with Crippen molar-refractivity contribution in [1.82, 2.24) is 0 Å². The van der Waals surface area contributed by atoms with Crippen LogP contribution < -0.4 is 0 Å². The molecule has 10 heavy (non-hydrogen) atoms. The van der Waals surface area contributed by atoms with Crippen LogP contribution in [-0.4, -0.2) is 11.7 Å². The monoisotopic (exact) mass is 138 g/mol. The Morgan fingerprint density at radius 2 is 2.40 bits per heavy atom. The van der Waals surface area contributed by atoms with Crippen molar-refractivity contribution < 1.29 is 5.11 Å². The summed E-state index contributed by atoms with van der Waals surface area (Å²) in [5, 5.41) is 8.55. The highest BCUT2D eigenvalue weighted by atomic mass is 16.2. The van der Waals surface area contributed by atoms with Gasteiger partial charge in [-0.3, -0.25) is 0 Å². The number of aliphatic hydroxyl groups excluding tert-OH is 1.